The fourth-order valence-corrected chi connectivity index (χ4v) is 3.52. The van der Waals surface area contributed by atoms with E-state index in [0.717, 1.165) is 27.1 Å². The monoisotopic (exact) mass is 291 g/mol. The molecule has 4 rings (SSSR count). The van der Waals surface area contributed by atoms with Gasteiger partial charge in [0.2, 0.25) is 0 Å². The van der Waals surface area contributed by atoms with E-state index in [1.54, 1.807) is 6.20 Å². The number of aromatic nitrogens is 3. The number of hydrogen-bond donors (Lipinski definition) is 0. The van der Waals surface area contributed by atoms with Crippen LogP contribution in [-0.2, 0) is 7.05 Å². The second kappa shape index (κ2) is 3.10. The van der Waals surface area contributed by atoms with Crippen LogP contribution in [0.1, 0.15) is 37.3 Å². The fourth-order valence-electron chi connectivity index (χ4n) is 3.25. The molecule has 2 aliphatic rings. The molecule has 2 aromatic heterocycles. The van der Waals surface area contributed by atoms with Gasteiger partial charge in [-0.3, -0.25) is 4.98 Å². The molecule has 0 N–H and O–H groups in total. The van der Waals surface area contributed by atoms with Crippen molar-refractivity contribution in [3.63, 3.8) is 0 Å². The lowest BCUT2D eigenvalue weighted by molar-refractivity contribution is 0.230. The van der Waals surface area contributed by atoms with Gasteiger partial charge in [0.15, 0.2) is 5.65 Å². The van der Waals surface area contributed by atoms with Gasteiger partial charge in [0.1, 0.15) is 10.1 Å². The van der Waals surface area contributed by atoms with E-state index in [1.807, 2.05) is 0 Å². The first-order valence-electron chi connectivity index (χ1n) is 6.15. The van der Waals surface area contributed by atoms with Crippen LogP contribution in [0.3, 0.4) is 0 Å². The van der Waals surface area contributed by atoms with Gasteiger partial charge in [-0.15, -0.1) is 0 Å². The Hall–Kier alpha value is -0.900. The summed E-state index contributed by atoms with van der Waals surface area (Å²) >= 11 is 3.39. The Kier molecular flexibility index (Phi) is 1.84. The first-order valence-corrected chi connectivity index (χ1v) is 6.94. The fraction of sp³-hybridized carbons (Fsp3) is 0.538. The van der Waals surface area contributed by atoms with E-state index in [4.69, 9.17) is 0 Å². The standard InChI is InChI=1S/C13H14BrN3/c1-17-10(8-5-13(6-8)2-3-13)4-9-12(17)16-11(14)7-15-9/h4,7-8H,2-3,5-6H2,1H3. The zero-order chi connectivity index (χ0) is 11.6. The van der Waals surface area contributed by atoms with Gasteiger partial charge in [-0.2, -0.15) is 0 Å². The molecule has 2 fully saturated rings. The van der Waals surface area contributed by atoms with E-state index in [0.29, 0.717) is 0 Å². The first-order chi connectivity index (χ1) is 8.17. The molecule has 0 saturated heterocycles. The molecule has 0 atom stereocenters. The summed E-state index contributed by atoms with van der Waals surface area (Å²) in [5, 5.41) is 0. The Labute approximate surface area is 108 Å². The van der Waals surface area contributed by atoms with Crippen molar-refractivity contribution in [3.8, 4) is 0 Å². The first kappa shape index (κ1) is 10.1. The van der Waals surface area contributed by atoms with Crippen molar-refractivity contribution in [2.45, 2.75) is 31.6 Å². The smallest absolute Gasteiger partial charge is 0.159 e. The largest absolute Gasteiger partial charge is 0.331 e. The normalized spacial score (nSPS) is 22.0. The molecule has 2 saturated carbocycles. The van der Waals surface area contributed by atoms with Gasteiger partial charge in [-0.05, 0) is 53.1 Å². The number of halogens is 1. The summed E-state index contributed by atoms with van der Waals surface area (Å²) < 4.78 is 3.03. The highest BCUT2D eigenvalue weighted by Crippen LogP contribution is 2.66. The predicted molar refractivity (Wildman–Crippen MR) is 69.9 cm³/mol. The molecule has 88 valence electrons. The van der Waals surface area contributed by atoms with Gasteiger partial charge in [0, 0.05) is 18.7 Å². The molecule has 17 heavy (non-hydrogen) atoms. The number of aryl methyl sites for hydroxylation is 1. The second-order valence-electron chi connectivity index (χ2n) is 5.63. The lowest BCUT2D eigenvalue weighted by Gasteiger charge is -2.36. The molecule has 2 aromatic rings. The maximum Gasteiger partial charge on any atom is 0.159 e. The molecule has 4 heteroatoms. The Bertz CT molecular complexity index is 604. The minimum absolute atomic E-state index is 0.734. The van der Waals surface area contributed by atoms with Gasteiger partial charge in [-0.25, -0.2) is 4.98 Å². The van der Waals surface area contributed by atoms with Crippen LogP contribution in [0.15, 0.2) is 16.9 Å². The summed E-state index contributed by atoms with van der Waals surface area (Å²) in [5.74, 6) is 0.734. The van der Waals surface area contributed by atoms with E-state index in [1.165, 1.54) is 31.4 Å². The van der Waals surface area contributed by atoms with Gasteiger partial charge in [-0.1, -0.05) is 0 Å². The maximum absolute atomic E-state index is 4.51. The number of nitrogens with zero attached hydrogens (tertiary/aromatic N) is 3. The summed E-state index contributed by atoms with van der Waals surface area (Å²) in [6.45, 7) is 0. The highest BCUT2D eigenvalue weighted by molar-refractivity contribution is 9.10. The summed E-state index contributed by atoms with van der Waals surface area (Å²) in [7, 11) is 2.11. The molecule has 0 radical (unpaired) electrons. The highest BCUT2D eigenvalue weighted by atomic mass is 79.9. The zero-order valence-electron chi connectivity index (χ0n) is 9.78. The molecule has 0 aromatic carbocycles. The SMILES string of the molecule is Cn1c(C2CC3(CC3)C2)cc2ncc(Br)nc21. The molecule has 2 heterocycles. The molecule has 0 bridgehead atoms. The van der Waals surface area contributed by atoms with Crippen LogP contribution in [0.25, 0.3) is 11.2 Å². The van der Waals surface area contributed by atoms with Crippen molar-refractivity contribution in [3.05, 3.63) is 22.6 Å². The van der Waals surface area contributed by atoms with Crippen LogP contribution in [0, 0.1) is 5.41 Å². The summed E-state index contributed by atoms with van der Waals surface area (Å²) in [4.78, 5) is 8.93. The maximum atomic E-state index is 4.51. The van der Waals surface area contributed by atoms with Crippen molar-refractivity contribution >= 4 is 27.1 Å². The van der Waals surface area contributed by atoms with Crippen LogP contribution in [0.5, 0.6) is 0 Å². The predicted octanol–water partition coefficient (Wildman–Crippen LogP) is 3.39. The highest BCUT2D eigenvalue weighted by Gasteiger charge is 2.53. The van der Waals surface area contributed by atoms with E-state index in [9.17, 15) is 0 Å². The topological polar surface area (TPSA) is 30.7 Å². The molecule has 3 nitrogen and oxygen atoms in total. The van der Waals surface area contributed by atoms with Crippen molar-refractivity contribution in [1.29, 1.82) is 0 Å². The van der Waals surface area contributed by atoms with Gasteiger partial charge < -0.3 is 4.57 Å². The lowest BCUT2D eigenvalue weighted by Crippen LogP contribution is -2.24. The quantitative estimate of drug-likeness (QED) is 0.806. The Balaban J connectivity index is 1.77. The lowest BCUT2D eigenvalue weighted by atomic mass is 9.70. The summed E-state index contributed by atoms with van der Waals surface area (Å²) in [5.41, 5.74) is 4.17. The third kappa shape index (κ3) is 1.39. The van der Waals surface area contributed by atoms with Crippen LogP contribution >= 0.6 is 15.9 Å². The number of fused-ring (bicyclic) bond motifs is 1. The minimum Gasteiger partial charge on any atom is -0.331 e. The van der Waals surface area contributed by atoms with Crippen molar-refractivity contribution in [2.75, 3.05) is 0 Å². The van der Waals surface area contributed by atoms with Gasteiger partial charge in [0.05, 0.1) is 6.20 Å². The third-order valence-corrected chi connectivity index (χ3v) is 4.86. The van der Waals surface area contributed by atoms with E-state index in [-0.39, 0.29) is 0 Å². The van der Waals surface area contributed by atoms with Crippen LogP contribution < -0.4 is 0 Å². The molecular formula is C13H14BrN3. The van der Waals surface area contributed by atoms with Crippen LogP contribution in [0.4, 0.5) is 0 Å². The molecule has 0 aliphatic heterocycles. The molecule has 1 spiro atoms. The average Bonchev–Trinajstić information content (AvgIpc) is 3.00. The van der Waals surface area contributed by atoms with Crippen molar-refractivity contribution in [2.24, 2.45) is 12.5 Å². The van der Waals surface area contributed by atoms with E-state index < -0.39 is 0 Å². The van der Waals surface area contributed by atoms with Crippen LogP contribution in [0.2, 0.25) is 0 Å². The van der Waals surface area contributed by atoms with E-state index in [2.05, 4.69) is 43.6 Å². The van der Waals surface area contributed by atoms with Gasteiger partial charge in [0.25, 0.3) is 0 Å². The van der Waals surface area contributed by atoms with Crippen molar-refractivity contribution < 1.29 is 0 Å². The Morgan fingerprint density at radius 3 is 2.88 bits per heavy atom. The third-order valence-electron chi connectivity index (χ3n) is 4.48. The molecule has 0 amide bonds. The number of hydrogen-bond acceptors (Lipinski definition) is 2. The molecule has 0 unspecified atom stereocenters. The Morgan fingerprint density at radius 1 is 1.41 bits per heavy atom. The van der Waals surface area contributed by atoms with E-state index >= 15 is 0 Å². The second-order valence-corrected chi connectivity index (χ2v) is 6.45. The molecule has 2 aliphatic carbocycles. The van der Waals surface area contributed by atoms with Crippen LogP contribution in [-0.4, -0.2) is 14.5 Å². The van der Waals surface area contributed by atoms with Gasteiger partial charge >= 0.3 is 0 Å². The zero-order valence-corrected chi connectivity index (χ0v) is 11.4. The Morgan fingerprint density at radius 2 is 2.18 bits per heavy atom. The average molecular weight is 292 g/mol. The number of rotatable bonds is 1. The summed E-state index contributed by atoms with van der Waals surface area (Å²) in [6, 6.07) is 2.22. The van der Waals surface area contributed by atoms with Crippen molar-refractivity contribution in [1.82, 2.24) is 14.5 Å². The summed E-state index contributed by atoms with van der Waals surface area (Å²) in [6.07, 6.45) is 7.43. The molecular weight excluding hydrogens is 278 g/mol. The minimum atomic E-state index is 0.734.